The van der Waals surface area contributed by atoms with Crippen molar-refractivity contribution >= 4 is 5.91 Å². The molecule has 0 radical (unpaired) electrons. The van der Waals surface area contributed by atoms with Gasteiger partial charge in [0.05, 0.1) is 23.6 Å². The maximum Gasteiger partial charge on any atom is 0.272 e. The summed E-state index contributed by atoms with van der Waals surface area (Å²) < 4.78 is 7.60. The van der Waals surface area contributed by atoms with E-state index < -0.39 is 0 Å². The smallest absolute Gasteiger partial charge is 0.272 e. The van der Waals surface area contributed by atoms with Gasteiger partial charge >= 0.3 is 0 Å². The van der Waals surface area contributed by atoms with Crippen LogP contribution in [0.2, 0.25) is 0 Å². The summed E-state index contributed by atoms with van der Waals surface area (Å²) in [4.78, 5) is 15.4. The van der Waals surface area contributed by atoms with Crippen LogP contribution in [0, 0.1) is 20.8 Å². The second kappa shape index (κ2) is 8.07. The molecule has 5 nitrogen and oxygen atoms in total. The highest BCUT2D eigenvalue weighted by molar-refractivity contribution is 5.94. The fourth-order valence-electron chi connectivity index (χ4n) is 4.04. The normalized spacial score (nSPS) is 19.2. The predicted molar refractivity (Wildman–Crippen MR) is 119 cm³/mol. The van der Waals surface area contributed by atoms with Crippen molar-refractivity contribution in [2.45, 2.75) is 46.8 Å². The molecule has 1 saturated heterocycles. The van der Waals surface area contributed by atoms with Crippen molar-refractivity contribution in [3.05, 3.63) is 70.9 Å². The number of aromatic nitrogens is 2. The SMILES string of the molecule is Cc1cccc(-n2nc(-c3ccc(C)c(C)c3)cc2C(=O)N2C[C@@H](C)O[C@@H](C)C2)c1. The van der Waals surface area contributed by atoms with E-state index in [1.54, 1.807) is 4.68 Å². The van der Waals surface area contributed by atoms with Crippen LogP contribution in [0.3, 0.4) is 0 Å². The molecule has 3 aromatic rings. The molecule has 4 rings (SSSR count). The largest absolute Gasteiger partial charge is 0.372 e. The third-order valence-corrected chi connectivity index (χ3v) is 5.68. The number of ether oxygens (including phenoxy) is 1. The monoisotopic (exact) mass is 403 g/mol. The summed E-state index contributed by atoms with van der Waals surface area (Å²) in [7, 11) is 0. The Bertz CT molecular complexity index is 1080. The third-order valence-electron chi connectivity index (χ3n) is 5.68. The summed E-state index contributed by atoms with van der Waals surface area (Å²) in [6.45, 7) is 11.4. The lowest BCUT2D eigenvalue weighted by Crippen LogP contribution is -2.48. The zero-order valence-corrected chi connectivity index (χ0v) is 18.3. The van der Waals surface area contributed by atoms with Gasteiger partial charge in [-0.1, -0.05) is 24.3 Å². The molecule has 1 fully saturated rings. The van der Waals surface area contributed by atoms with E-state index in [1.807, 2.05) is 49.9 Å². The molecule has 2 heterocycles. The van der Waals surface area contributed by atoms with Gasteiger partial charge in [0.1, 0.15) is 5.69 Å². The van der Waals surface area contributed by atoms with Gasteiger partial charge in [-0.15, -0.1) is 0 Å². The maximum atomic E-state index is 13.5. The first kappa shape index (κ1) is 20.4. The summed E-state index contributed by atoms with van der Waals surface area (Å²) in [5, 5.41) is 4.85. The van der Waals surface area contributed by atoms with Crippen LogP contribution in [0.4, 0.5) is 0 Å². The molecular weight excluding hydrogens is 374 g/mol. The van der Waals surface area contributed by atoms with Gasteiger partial charge in [-0.05, 0) is 75.6 Å². The highest BCUT2D eigenvalue weighted by Crippen LogP contribution is 2.26. The van der Waals surface area contributed by atoms with Crippen molar-refractivity contribution in [3.8, 4) is 16.9 Å². The first-order valence-corrected chi connectivity index (χ1v) is 10.5. The van der Waals surface area contributed by atoms with Crippen LogP contribution in [0.5, 0.6) is 0 Å². The Hall–Kier alpha value is -2.92. The molecule has 2 aromatic carbocycles. The molecule has 0 spiro atoms. The Morgan fingerprint density at radius 1 is 0.967 bits per heavy atom. The van der Waals surface area contributed by atoms with Gasteiger partial charge in [-0.25, -0.2) is 4.68 Å². The average molecular weight is 404 g/mol. The van der Waals surface area contributed by atoms with Crippen molar-refractivity contribution in [2.24, 2.45) is 0 Å². The second-order valence-corrected chi connectivity index (χ2v) is 8.43. The minimum Gasteiger partial charge on any atom is -0.372 e. The molecule has 1 aliphatic rings. The van der Waals surface area contributed by atoms with Crippen molar-refractivity contribution in [1.29, 1.82) is 0 Å². The molecule has 30 heavy (non-hydrogen) atoms. The summed E-state index contributed by atoms with van der Waals surface area (Å²) in [5.74, 6) is -0.0129. The number of nitrogens with zero attached hydrogens (tertiary/aromatic N) is 3. The van der Waals surface area contributed by atoms with Gasteiger partial charge in [-0.3, -0.25) is 4.79 Å². The van der Waals surface area contributed by atoms with Gasteiger partial charge in [-0.2, -0.15) is 5.10 Å². The lowest BCUT2D eigenvalue weighted by Gasteiger charge is -2.35. The number of hydrogen-bond acceptors (Lipinski definition) is 3. The lowest BCUT2D eigenvalue weighted by atomic mass is 10.0. The Morgan fingerprint density at radius 2 is 1.70 bits per heavy atom. The van der Waals surface area contributed by atoms with Crippen LogP contribution in [0.25, 0.3) is 16.9 Å². The third kappa shape index (κ3) is 4.03. The van der Waals surface area contributed by atoms with E-state index in [0.29, 0.717) is 18.8 Å². The van der Waals surface area contributed by atoms with Crippen molar-refractivity contribution < 1.29 is 9.53 Å². The van der Waals surface area contributed by atoms with E-state index in [4.69, 9.17) is 9.84 Å². The summed E-state index contributed by atoms with van der Waals surface area (Å²) in [6, 6.07) is 16.3. The van der Waals surface area contributed by atoms with E-state index in [1.165, 1.54) is 11.1 Å². The predicted octanol–water partition coefficient (Wildman–Crippen LogP) is 4.71. The number of aryl methyl sites for hydroxylation is 3. The van der Waals surface area contributed by atoms with Crippen LogP contribution in [-0.2, 0) is 4.74 Å². The Kier molecular flexibility index (Phi) is 5.48. The maximum absolute atomic E-state index is 13.5. The molecule has 1 aromatic heterocycles. The van der Waals surface area contributed by atoms with Gasteiger partial charge in [0.25, 0.3) is 5.91 Å². The number of rotatable bonds is 3. The summed E-state index contributed by atoms with van der Waals surface area (Å²) >= 11 is 0. The molecular formula is C25H29N3O2. The first-order valence-electron chi connectivity index (χ1n) is 10.5. The topological polar surface area (TPSA) is 47.4 Å². The summed E-state index contributed by atoms with van der Waals surface area (Å²) in [6.07, 6.45) is 0.0412. The zero-order chi connectivity index (χ0) is 21.4. The molecule has 0 bridgehead atoms. The van der Waals surface area contributed by atoms with E-state index in [0.717, 1.165) is 22.5 Å². The van der Waals surface area contributed by atoms with Crippen molar-refractivity contribution in [1.82, 2.24) is 14.7 Å². The molecule has 156 valence electrons. The van der Waals surface area contributed by atoms with E-state index in [9.17, 15) is 4.79 Å². The number of morpholine rings is 1. The molecule has 0 unspecified atom stereocenters. The van der Waals surface area contributed by atoms with Crippen molar-refractivity contribution in [3.63, 3.8) is 0 Å². The van der Waals surface area contributed by atoms with Crippen LogP contribution in [-0.4, -0.2) is 45.9 Å². The Balaban J connectivity index is 1.80. The minimum atomic E-state index is -0.0129. The van der Waals surface area contributed by atoms with Gasteiger partial charge in [0, 0.05) is 18.7 Å². The molecule has 0 N–H and O–H groups in total. The van der Waals surface area contributed by atoms with E-state index in [-0.39, 0.29) is 18.1 Å². The highest BCUT2D eigenvalue weighted by Gasteiger charge is 2.29. The molecule has 0 saturated carbocycles. The highest BCUT2D eigenvalue weighted by atomic mass is 16.5. The fraction of sp³-hybridized carbons (Fsp3) is 0.360. The Labute approximate surface area is 178 Å². The quantitative estimate of drug-likeness (QED) is 0.636. The number of amides is 1. The molecule has 1 aliphatic heterocycles. The van der Waals surface area contributed by atoms with Gasteiger partial charge in [0.2, 0.25) is 0 Å². The van der Waals surface area contributed by atoms with Crippen LogP contribution < -0.4 is 0 Å². The van der Waals surface area contributed by atoms with Gasteiger partial charge in [0.15, 0.2) is 0 Å². The first-order chi connectivity index (χ1) is 14.3. The number of carbonyl (C=O) groups excluding carboxylic acids is 1. The van der Waals surface area contributed by atoms with E-state index >= 15 is 0 Å². The lowest BCUT2D eigenvalue weighted by molar-refractivity contribution is -0.0588. The number of carbonyl (C=O) groups is 1. The average Bonchev–Trinajstić information content (AvgIpc) is 3.14. The second-order valence-electron chi connectivity index (χ2n) is 8.43. The number of hydrogen-bond donors (Lipinski definition) is 0. The molecule has 2 atom stereocenters. The Morgan fingerprint density at radius 3 is 2.37 bits per heavy atom. The fourth-order valence-corrected chi connectivity index (χ4v) is 4.04. The molecule has 1 amide bonds. The van der Waals surface area contributed by atoms with Crippen LogP contribution in [0.1, 0.15) is 41.0 Å². The molecule has 0 aliphatic carbocycles. The van der Waals surface area contributed by atoms with Crippen molar-refractivity contribution in [2.75, 3.05) is 13.1 Å². The van der Waals surface area contributed by atoms with E-state index in [2.05, 4.69) is 38.1 Å². The van der Waals surface area contributed by atoms with Crippen LogP contribution in [0.15, 0.2) is 48.5 Å². The number of benzene rings is 2. The van der Waals surface area contributed by atoms with Crippen LogP contribution >= 0.6 is 0 Å². The minimum absolute atomic E-state index is 0.0129. The van der Waals surface area contributed by atoms with Gasteiger partial charge < -0.3 is 9.64 Å². The molecule has 5 heteroatoms. The standard InChI is InChI=1S/C25H29N3O2/c1-16-7-6-8-22(11-16)28-24(25(29)27-14-19(4)30-20(5)15-27)13-23(26-28)21-10-9-17(2)18(3)12-21/h6-13,19-20H,14-15H2,1-5H3/t19-,20+. The zero-order valence-electron chi connectivity index (χ0n) is 18.3. The summed E-state index contributed by atoms with van der Waals surface area (Å²) in [5.41, 5.74) is 6.87.